The summed E-state index contributed by atoms with van der Waals surface area (Å²) < 4.78 is 7.51. The number of carbonyl (C=O) groups is 1. The number of morpholine rings is 1. The Hall–Kier alpha value is -2.48. The minimum absolute atomic E-state index is 0.0301. The summed E-state index contributed by atoms with van der Waals surface area (Å²) in [5, 5.41) is 4.36. The van der Waals surface area contributed by atoms with Crippen molar-refractivity contribution in [3.63, 3.8) is 0 Å². The molecule has 0 saturated carbocycles. The van der Waals surface area contributed by atoms with Crippen molar-refractivity contribution in [3.05, 3.63) is 44.9 Å². The Kier molecular flexibility index (Phi) is 4.71. The standard InChI is InChI=1S/C17H23N5O3/c1-10-7-15(23)19-17(18-10)14-9-22(5-6-25-14)16(24)8-13-11(2)20-21(4)12(13)3/h7,14H,5-6,8-9H2,1-4H3,(H,18,19,23). The lowest BCUT2D eigenvalue weighted by Crippen LogP contribution is -2.43. The average Bonchev–Trinajstić information content (AvgIpc) is 2.80. The van der Waals surface area contributed by atoms with Crippen LogP contribution in [0.15, 0.2) is 10.9 Å². The smallest absolute Gasteiger partial charge is 0.251 e. The molecule has 134 valence electrons. The third-order valence-corrected chi connectivity index (χ3v) is 4.60. The van der Waals surface area contributed by atoms with Gasteiger partial charge in [-0.3, -0.25) is 14.3 Å². The van der Waals surface area contributed by atoms with Gasteiger partial charge in [0.1, 0.15) is 11.9 Å². The van der Waals surface area contributed by atoms with E-state index in [0.29, 0.717) is 37.6 Å². The molecule has 0 bridgehead atoms. The van der Waals surface area contributed by atoms with Crippen molar-refractivity contribution in [3.8, 4) is 0 Å². The summed E-state index contributed by atoms with van der Waals surface area (Å²) in [5.41, 5.74) is 3.27. The van der Waals surface area contributed by atoms with Crippen LogP contribution in [0.1, 0.15) is 34.6 Å². The molecule has 8 nitrogen and oxygen atoms in total. The van der Waals surface area contributed by atoms with E-state index in [0.717, 1.165) is 17.0 Å². The number of ether oxygens (including phenoxy) is 1. The van der Waals surface area contributed by atoms with Crippen LogP contribution >= 0.6 is 0 Å². The highest BCUT2D eigenvalue weighted by atomic mass is 16.5. The van der Waals surface area contributed by atoms with Crippen LogP contribution in [0.25, 0.3) is 0 Å². The second-order valence-corrected chi connectivity index (χ2v) is 6.42. The summed E-state index contributed by atoms with van der Waals surface area (Å²) in [6, 6.07) is 1.43. The normalized spacial score (nSPS) is 17.8. The van der Waals surface area contributed by atoms with E-state index in [1.54, 1.807) is 16.5 Å². The van der Waals surface area contributed by atoms with Gasteiger partial charge in [0.15, 0.2) is 0 Å². The van der Waals surface area contributed by atoms with Crippen molar-refractivity contribution in [1.82, 2.24) is 24.6 Å². The van der Waals surface area contributed by atoms with E-state index in [1.165, 1.54) is 6.07 Å². The number of rotatable bonds is 3. The molecule has 2 aromatic heterocycles. The molecule has 1 saturated heterocycles. The number of aromatic nitrogens is 4. The number of hydrogen-bond acceptors (Lipinski definition) is 5. The van der Waals surface area contributed by atoms with Crippen LogP contribution in [0, 0.1) is 20.8 Å². The molecule has 2 aromatic rings. The van der Waals surface area contributed by atoms with Gasteiger partial charge in [0.25, 0.3) is 5.56 Å². The van der Waals surface area contributed by atoms with Crippen LogP contribution in [0.4, 0.5) is 0 Å². The number of carbonyl (C=O) groups excluding carboxylic acids is 1. The van der Waals surface area contributed by atoms with Crippen LogP contribution < -0.4 is 5.56 Å². The Morgan fingerprint density at radius 1 is 1.40 bits per heavy atom. The van der Waals surface area contributed by atoms with Gasteiger partial charge in [-0.15, -0.1) is 0 Å². The Balaban J connectivity index is 1.74. The van der Waals surface area contributed by atoms with Gasteiger partial charge in [0, 0.05) is 36.6 Å². The van der Waals surface area contributed by atoms with Gasteiger partial charge >= 0.3 is 0 Å². The number of H-pyrrole nitrogens is 1. The van der Waals surface area contributed by atoms with Crippen LogP contribution in [0.2, 0.25) is 0 Å². The molecule has 0 spiro atoms. The van der Waals surface area contributed by atoms with Crippen molar-refractivity contribution in [2.45, 2.75) is 33.3 Å². The molecular weight excluding hydrogens is 322 g/mol. The van der Waals surface area contributed by atoms with Crippen LogP contribution in [-0.4, -0.2) is 50.3 Å². The largest absolute Gasteiger partial charge is 0.367 e. The highest BCUT2D eigenvalue weighted by Crippen LogP contribution is 2.20. The maximum atomic E-state index is 12.7. The Morgan fingerprint density at radius 3 is 2.80 bits per heavy atom. The lowest BCUT2D eigenvalue weighted by atomic mass is 10.1. The molecule has 3 heterocycles. The third kappa shape index (κ3) is 3.63. The Labute approximate surface area is 145 Å². The molecule has 1 aliphatic rings. The first-order valence-corrected chi connectivity index (χ1v) is 8.31. The monoisotopic (exact) mass is 345 g/mol. The van der Waals surface area contributed by atoms with E-state index in [2.05, 4.69) is 15.1 Å². The van der Waals surface area contributed by atoms with Crippen LogP contribution in [0.5, 0.6) is 0 Å². The fraction of sp³-hybridized carbons (Fsp3) is 0.529. The summed E-state index contributed by atoms with van der Waals surface area (Å²) in [6.45, 7) is 6.97. The minimum Gasteiger partial charge on any atom is -0.367 e. The van der Waals surface area contributed by atoms with Gasteiger partial charge in [0.2, 0.25) is 5.91 Å². The number of hydrogen-bond donors (Lipinski definition) is 1. The molecule has 1 amide bonds. The summed E-state index contributed by atoms with van der Waals surface area (Å²) in [4.78, 5) is 33.2. The predicted octanol–water partition coefficient (Wildman–Crippen LogP) is 0.571. The highest BCUT2D eigenvalue weighted by molar-refractivity contribution is 5.79. The van der Waals surface area contributed by atoms with Gasteiger partial charge in [-0.25, -0.2) is 4.98 Å². The number of nitrogens with zero attached hydrogens (tertiary/aromatic N) is 4. The fourth-order valence-corrected chi connectivity index (χ4v) is 3.13. The van der Waals surface area contributed by atoms with E-state index < -0.39 is 6.10 Å². The maximum Gasteiger partial charge on any atom is 0.251 e. The molecule has 1 atom stereocenters. The number of nitrogens with one attached hydrogen (secondary N) is 1. The van der Waals surface area contributed by atoms with Crippen molar-refractivity contribution in [2.75, 3.05) is 19.7 Å². The molecule has 0 aliphatic carbocycles. The molecule has 0 radical (unpaired) electrons. The number of aryl methyl sites for hydroxylation is 3. The summed E-state index contributed by atoms with van der Waals surface area (Å²) >= 11 is 0. The lowest BCUT2D eigenvalue weighted by Gasteiger charge is -2.32. The first-order valence-electron chi connectivity index (χ1n) is 8.31. The van der Waals surface area contributed by atoms with Crippen LogP contribution in [-0.2, 0) is 23.0 Å². The molecule has 25 heavy (non-hydrogen) atoms. The summed E-state index contributed by atoms with van der Waals surface area (Å²) in [7, 11) is 1.88. The molecule has 1 aliphatic heterocycles. The van der Waals surface area contributed by atoms with E-state index >= 15 is 0 Å². The topological polar surface area (TPSA) is 93.1 Å². The third-order valence-electron chi connectivity index (χ3n) is 4.60. The zero-order valence-electron chi connectivity index (χ0n) is 15.0. The Morgan fingerprint density at radius 2 is 2.16 bits per heavy atom. The molecule has 3 rings (SSSR count). The van der Waals surface area contributed by atoms with Crippen molar-refractivity contribution >= 4 is 5.91 Å². The van der Waals surface area contributed by atoms with E-state index in [4.69, 9.17) is 4.74 Å². The molecular formula is C17H23N5O3. The SMILES string of the molecule is Cc1cc(=O)[nH]c(C2CN(C(=O)Cc3c(C)nn(C)c3C)CCO2)n1. The average molecular weight is 345 g/mol. The van der Waals surface area contributed by atoms with Gasteiger partial charge in [-0.2, -0.15) is 5.10 Å². The van der Waals surface area contributed by atoms with Gasteiger partial charge in [-0.05, 0) is 20.8 Å². The van der Waals surface area contributed by atoms with E-state index in [-0.39, 0.29) is 11.5 Å². The zero-order chi connectivity index (χ0) is 18.1. The predicted molar refractivity (Wildman–Crippen MR) is 91.3 cm³/mol. The number of amides is 1. The van der Waals surface area contributed by atoms with Gasteiger partial charge in [-0.1, -0.05) is 0 Å². The van der Waals surface area contributed by atoms with E-state index in [9.17, 15) is 9.59 Å². The maximum absolute atomic E-state index is 12.7. The second kappa shape index (κ2) is 6.79. The van der Waals surface area contributed by atoms with Crippen molar-refractivity contribution < 1.29 is 9.53 Å². The summed E-state index contributed by atoms with van der Waals surface area (Å²) in [5.74, 6) is 0.499. The van der Waals surface area contributed by atoms with Gasteiger partial charge in [0.05, 0.1) is 25.3 Å². The first-order chi connectivity index (χ1) is 11.8. The molecule has 0 aromatic carbocycles. The minimum atomic E-state index is -0.415. The van der Waals surface area contributed by atoms with Crippen LogP contribution in [0.3, 0.4) is 0 Å². The van der Waals surface area contributed by atoms with E-state index in [1.807, 2.05) is 20.9 Å². The Bertz CT molecular complexity index is 854. The fourth-order valence-electron chi connectivity index (χ4n) is 3.13. The zero-order valence-corrected chi connectivity index (χ0v) is 15.0. The lowest BCUT2D eigenvalue weighted by molar-refractivity contribution is -0.138. The molecule has 1 N–H and O–H groups in total. The highest BCUT2D eigenvalue weighted by Gasteiger charge is 2.28. The number of aromatic amines is 1. The molecule has 8 heteroatoms. The molecule has 1 fully saturated rings. The summed E-state index contributed by atoms with van der Waals surface area (Å²) in [6.07, 6.45) is -0.0999. The second-order valence-electron chi connectivity index (χ2n) is 6.42. The van der Waals surface area contributed by atoms with Crippen molar-refractivity contribution in [2.24, 2.45) is 7.05 Å². The first kappa shape index (κ1) is 17.3. The quantitative estimate of drug-likeness (QED) is 0.878. The molecule has 1 unspecified atom stereocenters. The van der Waals surface area contributed by atoms with Gasteiger partial charge < -0.3 is 14.6 Å². The van der Waals surface area contributed by atoms with Crippen molar-refractivity contribution in [1.29, 1.82) is 0 Å².